The maximum Gasteiger partial charge on any atom is 0.254 e. The fourth-order valence-electron chi connectivity index (χ4n) is 2.93. The van der Waals surface area contributed by atoms with Gasteiger partial charge in [0.25, 0.3) is 5.91 Å². The maximum atomic E-state index is 12.7. The van der Waals surface area contributed by atoms with Crippen LogP contribution < -0.4 is 10.6 Å². The van der Waals surface area contributed by atoms with Crippen LogP contribution >= 0.6 is 0 Å². The number of hydrogen-bond donors (Lipinski definition) is 2. The molecule has 1 aliphatic heterocycles. The van der Waals surface area contributed by atoms with Gasteiger partial charge in [-0.2, -0.15) is 0 Å². The van der Waals surface area contributed by atoms with Gasteiger partial charge in [0.2, 0.25) is 5.91 Å². The van der Waals surface area contributed by atoms with Crippen molar-refractivity contribution >= 4 is 23.2 Å². The molecule has 0 radical (unpaired) electrons. The Hall–Kier alpha value is -2.82. The van der Waals surface area contributed by atoms with Gasteiger partial charge in [0.15, 0.2) is 0 Å². The van der Waals surface area contributed by atoms with Gasteiger partial charge < -0.3 is 15.5 Å². The first-order valence-electron chi connectivity index (χ1n) is 8.11. The summed E-state index contributed by atoms with van der Waals surface area (Å²) >= 11 is 0. The molecule has 2 aromatic rings. The van der Waals surface area contributed by atoms with E-state index in [0.717, 1.165) is 36.3 Å². The number of likely N-dealkylation sites (N-methyl/N-ethyl adjacent to an activating group) is 1. The highest BCUT2D eigenvalue weighted by Crippen LogP contribution is 2.26. The minimum atomic E-state index is -0.208. The van der Waals surface area contributed by atoms with E-state index in [0.29, 0.717) is 5.56 Å². The lowest BCUT2D eigenvalue weighted by atomic mass is 9.97. The van der Waals surface area contributed by atoms with Crippen molar-refractivity contribution in [2.45, 2.75) is 12.8 Å². The van der Waals surface area contributed by atoms with Crippen molar-refractivity contribution in [3.05, 3.63) is 59.7 Å². The zero-order chi connectivity index (χ0) is 16.9. The van der Waals surface area contributed by atoms with Crippen molar-refractivity contribution in [3.63, 3.8) is 0 Å². The molecular weight excluding hydrogens is 302 g/mol. The van der Waals surface area contributed by atoms with Crippen LogP contribution in [0.25, 0.3) is 0 Å². The molecule has 0 saturated heterocycles. The van der Waals surface area contributed by atoms with E-state index in [4.69, 9.17) is 0 Å². The smallest absolute Gasteiger partial charge is 0.254 e. The summed E-state index contributed by atoms with van der Waals surface area (Å²) in [6.07, 6.45) is 1.89. The van der Waals surface area contributed by atoms with Crippen LogP contribution in [0, 0.1) is 0 Å². The standard InChI is InChI=1S/C19H21N3O2/c1-22(13-18(23)21-14-7-3-2-4-8-14)19(24)16-9-5-11-17-15(16)10-6-12-20-17/h2-5,7-9,11,20H,6,10,12-13H2,1H3,(H,21,23). The minimum Gasteiger partial charge on any atom is -0.385 e. The van der Waals surface area contributed by atoms with Crippen LogP contribution in [0.1, 0.15) is 22.3 Å². The number of carbonyl (C=O) groups excluding carboxylic acids is 2. The molecule has 0 bridgehead atoms. The molecule has 2 amide bonds. The molecule has 0 atom stereocenters. The minimum absolute atomic E-state index is 0.0187. The molecule has 124 valence electrons. The first-order valence-corrected chi connectivity index (χ1v) is 8.11. The lowest BCUT2D eigenvalue weighted by Crippen LogP contribution is -2.35. The number of anilines is 2. The van der Waals surface area contributed by atoms with Gasteiger partial charge in [0.1, 0.15) is 0 Å². The van der Waals surface area contributed by atoms with Crippen LogP contribution in [0.2, 0.25) is 0 Å². The molecule has 5 nitrogen and oxygen atoms in total. The molecule has 24 heavy (non-hydrogen) atoms. The topological polar surface area (TPSA) is 61.4 Å². The Morgan fingerprint density at radius 3 is 2.71 bits per heavy atom. The zero-order valence-electron chi connectivity index (χ0n) is 13.7. The summed E-state index contributed by atoms with van der Waals surface area (Å²) in [5.41, 5.74) is 3.47. The Morgan fingerprint density at radius 2 is 1.92 bits per heavy atom. The quantitative estimate of drug-likeness (QED) is 0.909. The second-order valence-corrected chi connectivity index (χ2v) is 5.94. The third-order valence-electron chi connectivity index (χ3n) is 4.11. The highest BCUT2D eigenvalue weighted by atomic mass is 16.2. The molecule has 1 aliphatic rings. The molecule has 0 spiro atoms. The van der Waals surface area contributed by atoms with E-state index in [1.165, 1.54) is 4.90 Å². The molecule has 0 saturated carbocycles. The van der Waals surface area contributed by atoms with Crippen molar-refractivity contribution < 1.29 is 9.59 Å². The second-order valence-electron chi connectivity index (χ2n) is 5.94. The maximum absolute atomic E-state index is 12.7. The Balaban J connectivity index is 1.68. The molecular formula is C19H21N3O2. The van der Waals surface area contributed by atoms with Crippen molar-refractivity contribution in [1.82, 2.24) is 4.90 Å². The number of hydrogen-bond acceptors (Lipinski definition) is 3. The Bertz CT molecular complexity index is 744. The van der Waals surface area contributed by atoms with Crippen molar-refractivity contribution in [2.75, 3.05) is 30.8 Å². The van der Waals surface area contributed by atoms with E-state index >= 15 is 0 Å². The first kappa shape index (κ1) is 16.1. The summed E-state index contributed by atoms with van der Waals surface area (Å²) in [5, 5.41) is 6.12. The molecule has 2 aromatic carbocycles. The number of amides is 2. The van der Waals surface area contributed by atoms with Crippen molar-refractivity contribution in [2.24, 2.45) is 0 Å². The average molecular weight is 323 g/mol. The van der Waals surface area contributed by atoms with Gasteiger partial charge in [0.05, 0.1) is 6.54 Å². The zero-order valence-corrected chi connectivity index (χ0v) is 13.7. The number of nitrogens with zero attached hydrogens (tertiary/aromatic N) is 1. The van der Waals surface area contributed by atoms with Gasteiger partial charge in [0, 0.05) is 30.5 Å². The van der Waals surface area contributed by atoms with Crippen LogP contribution in [-0.2, 0) is 11.2 Å². The Morgan fingerprint density at radius 1 is 1.12 bits per heavy atom. The van der Waals surface area contributed by atoms with Gasteiger partial charge >= 0.3 is 0 Å². The number of benzene rings is 2. The molecule has 0 unspecified atom stereocenters. The van der Waals surface area contributed by atoms with Crippen LogP contribution in [0.3, 0.4) is 0 Å². The van der Waals surface area contributed by atoms with E-state index in [2.05, 4.69) is 10.6 Å². The number of rotatable bonds is 4. The summed E-state index contributed by atoms with van der Waals surface area (Å²) in [4.78, 5) is 26.3. The van der Waals surface area contributed by atoms with Crippen molar-refractivity contribution in [1.29, 1.82) is 0 Å². The van der Waals surface area contributed by atoms with Crippen LogP contribution in [0.5, 0.6) is 0 Å². The predicted molar refractivity (Wildman–Crippen MR) is 95.3 cm³/mol. The third kappa shape index (κ3) is 3.56. The lowest BCUT2D eigenvalue weighted by Gasteiger charge is -2.23. The van der Waals surface area contributed by atoms with E-state index < -0.39 is 0 Å². The van der Waals surface area contributed by atoms with Gasteiger partial charge in [-0.25, -0.2) is 0 Å². The highest BCUT2D eigenvalue weighted by Gasteiger charge is 2.21. The van der Waals surface area contributed by atoms with Gasteiger partial charge in [-0.05, 0) is 42.7 Å². The number of carbonyl (C=O) groups is 2. The fraction of sp³-hybridized carbons (Fsp3) is 0.263. The van der Waals surface area contributed by atoms with Crippen LogP contribution in [-0.4, -0.2) is 36.9 Å². The molecule has 0 aromatic heterocycles. The lowest BCUT2D eigenvalue weighted by molar-refractivity contribution is -0.116. The first-order chi connectivity index (χ1) is 11.6. The Labute approximate surface area is 141 Å². The number of para-hydroxylation sites is 1. The molecule has 5 heteroatoms. The predicted octanol–water partition coefficient (Wildman–Crippen LogP) is 2.76. The average Bonchev–Trinajstić information content (AvgIpc) is 2.61. The monoisotopic (exact) mass is 323 g/mol. The van der Waals surface area contributed by atoms with Gasteiger partial charge in [-0.3, -0.25) is 9.59 Å². The number of nitrogens with one attached hydrogen (secondary N) is 2. The van der Waals surface area contributed by atoms with E-state index in [9.17, 15) is 9.59 Å². The largest absolute Gasteiger partial charge is 0.385 e. The van der Waals surface area contributed by atoms with E-state index in [1.54, 1.807) is 7.05 Å². The summed E-state index contributed by atoms with van der Waals surface area (Å²) in [6, 6.07) is 14.9. The summed E-state index contributed by atoms with van der Waals surface area (Å²) in [5.74, 6) is -0.335. The normalized spacial score (nSPS) is 12.7. The summed E-state index contributed by atoms with van der Waals surface area (Å²) < 4.78 is 0. The summed E-state index contributed by atoms with van der Waals surface area (Å²) in [6.45, 7) is 0.949. The van der Waals surface area contributed by atoms with Crippen molar-refractivity contribution in [3.8, 4) is 0 Å². The summed E-state index contributed by atoms with van der Waals surface area (Å²) in [7, 11) is 1.66. The SMILES string of the molecule is CN(CC(=O)Nc1ccccc1)C(=O)c1cccc2c1CCCN2. The number of fused-ring (bicyclic) bond motifs is 1. The molecule has 1 heterocycles. The fourth-order valence-corrected chi connectivity index (χ4v) is 2.93. The van der Waals surface area contributed by atoms with Gasteiger partial charge in [-0.15, -0.1) is 0 Å². The van der Waals surface area contributed by atoms with E-state index in [-0.39, 0.29) is 18.4 Å². The van der Waals surface area contributed by atoms with Crippen LogP contribution in [0.4, 0.5) is 11.4 Å². The molecule has 0 aliphatic carbocycles. The highest BCUT2D eigenvalue weighted by molar-refractivity contribution is 6.00. The second kappa shape index (κ2) is 7.17. The molecule has 0 fully saturated rings. The molecule has 2 N–H and O–H groups in total. The molecule has 3 rings (SSSR count). The third-order valence-corrected chi connectivity index (χ3v) is 4.11. The van der Waals surface area contributed by atoms with Gasteiger partial charge in [-0.1, -0.05) is 24.3 Å². The van der Waals surface area contributed by atoms with E-state index in [1.807, 2.05) is 48.5 Å². The van der Waals surface area contributed by atoms with Crippen LogP contribution in [0.15, 0.2) is 48.5 Å². The Kier molecular flexibility index (Phi) is 4.79.